The second-order valence-electron chi connectivity index (χ2n) is 6.07. The van der Waals surface area contributed by atoms with Crippen LogP contribution in [0.3, 0.4) is 0 Å². The molecule has 0 bridgehead atoms. The van der Waals surface area contributed by atoms with E-state index in [4.69, 9.17) is 0 Å². The molecule has 3 unspecified atom stereocenters. The van der Waals surface area contributed by atoms with Crippen LogP contribution in [0.4, 0.5) is 0 Å². The fourth-order valence-electron chi connectivity index (χ4n) is 3.31. The van der Waals surface area contributed by atoms with Crippen molar-refractivity contribution in [1.29, 1.82) is 0 Å². The lowest BCUT2D eigenvalue weighted by molar-refractivity contribution is 0.250. The van der Waals surface area contributed by atoms with Crippen molar-refractivity contribution in [3.05, 3.63) is 48.0 Å². The van der Waals surface area contributed by atoms with Gasteiger partial charge in [0.25, 0.3) is 0 Å². The van der Waals surface area contributed by atoms with Crippen LogP contribution in [0.2, 0.25) is 0 Å². The van der Waals surface area contributed by atoms with Crippen LogP contribution >= 0.6 is 0 Å². The highest BCUT2D eigenvalue weighted by atomic mass is 14.3. The van der Waals surface area contributed by atoms with Crippen molar-refractivity contribution in [2.24, 2.45) is 11.8 Å². The van der Waals surface area contributed by atoms with E-state index in [0.29, 0.717) is 0 Å². The molecule has 0 radical (unpaired) electrons. The summed E-state index contributed by atoms with van der Waals surface area (Å²) >= 11 is 0. The molecule has 1 saturated carbocycles. The first kappa shape index (κ1) is 11.8. The summed E-state index contributed by atoms with van der Waals surface area (Å²) in [5, 5.41) is 2.75. The molecule has 3 atom stereocenters. The third kappa shape index (κ3) is 2.16. The van der Waals surface area contributed by atoms with Crippen molar-refractivity contribution in [3.8, 4) is 0 Å². The Morgan fingerprint density at radius 2 is 1.61 bits per heavy atom. The number of fused-ring (bicyclic) bond motifs is 1. The SMILES string of the molecule is CC1CCC(c2ccc3ccccc3c2)CC1C. The van der Waals surface area contributed by atoms with E-state index in [1.165, 1.54) is 30.0 Å². The topological polar surface area (TPSA) is 0 Å². The Hall–Kier alpha value is -1.30. The monoisotopic (exact) mass is 238 g/mol. The van der Waals surface area contributed by atoms with Crippen molar-refractivity contribution in [2.75, 3.05) is 0 Å². The molecule has 0 heteroatoms. The zero-order valence-electron chi connectivity index (χ0n) is 11.4. The van der Waals surface area contributed by atoms with E-state index in [0.717, 1.165) is 17.8 Å². The summed E-state index contributed by atoms with van der Waals surface area (Å²) < 4.78 is 0. The van der Waals surface area contributed by atoms with Crippen LogP contribution in [0.15, 0.2) is 42.5 Å². The van der Waals surface area contributed by atoms with Crippen molar-refractivity contribution in [1.82, 2.24) is 0 Å². The summed E-state index contributed by atoms with van der Waals surface area (Å²) in [4.78, 5) is 0. The molecule has 3 rings (SSSR count). The minimum absolute atomic E-state index is 0.779. The predicted octanol–water partition coefficient (Wildman–Crippen LogP) is 5.38. The highest BCUT2D eigenvalue weighted by Crippen LogP contribution is 2.39. The largest absolute Gasteiger partial charge is 0.0623 e. The summed E-state index contributed by atoms with van der Waals surface area (Å²) in [6, 6.07) is 15.7. The molecule has 0 aliphatic heterocycles. The summed E-state index contributed by atoms with van der Waals surface area (Å²) in [6.45, 7) is 4.82. The van der Waals surface area contributed by atoms with Gasteiger partial charge in [-0.15, -0.1) is 0 Å². The van der Waals surface area contributed by atoms with Gasteiger partial charge in [-0.05, 0) is 53.4 Å². The molecule has 1 fully saturated rings. The number of hydrogen-bond acceptors (Lipinski definition) is 0. The molecule has 0 nitrogen and oxygen atoms in total. The van der Waals surface area contributed by atoms with Gasteiger partial charge in [-0.25, -0.2) is 0 Å². The summed E-state index contributed by atoms with van der Waals surface area (Å²) in [6.07, 6.45) is 4.11. The molecule has 2 aromatic rings. The molecule has 1 aliphatic carbocycles. The normalized spacial score (nSPS) is 28.4. The van der Waals surface area contributed by atoms with Gasteiger partial charge < -0.3 is 0 Å². The second-order valence-corrected chi connectivity index (χ2v) is 6.07. The molecule has 1 aliphatic rings. The number of benzene rings is 2. The average Bonchev–Trinajstić information content (AvgIpc) is 2.41. The standard InChI is InChI=1S/C18H22/c1-13-7-8-17(11-14(13)2)18-10-9-15-5-3-4-6-16(15)12-18/h3-6,9-10,12-14,17H,7-8,11H2,1-2H3. The van der Waals surface area contributed by atoms with Gasteiger partial charge in [-0.1, -0.05) is 56.3 Å². The van der Waals surface area contributed by atoms with Crippen LogP contribution in [0.25, 0.3) is 10.8 Å². The fraction of sp³-hybridized carbons (Fsp3) is 0.444. The molecular weight excluding hydrogens is 216 g/mol. The third-order valence-electron chi connectivity index (χ3n) is 4.84. The minimum Gasteiger partial charge on any atom is -0.0623 e. The van der Waals surface area contributed by atoms with Gasteiger partial charge in [0.15, 0.2) is 0 Å². The molecule has 0 aromatic heterocycles. The van der Waals surface area contributed by atoms with Gasteiger partial charge in [0.1, 0.15) is 0 Å². The number of hydrogen-bond donors (Lipinski definition) is 0. The van der Waals surface area contributed by atoms with Crippen molar-refractivity contribution >= 4 is 10.8 Å². The van der Waals surface area contributed by atoms with Gasteiger partial charge in [0.2, 0.25) is 0 Å². The van der Waals surface area contributed by atoms with Crippen LogP contribution in [0.1, 0.15) is 44.6 Å². The predicted molar refractivity (Wildman–Crippen MR) is 78.9 cm³/mol. The van der Waals surface area contributed by atoms with E-state index in [1.807, 2.05) is 0 Å². The zero-order valence-corrected chi connectivity index (χ0v) is 11.4. The highest BCUT2D eigenvalue weighted by molar-refractivity contribution is 5.83. The van der Waals surface area contributed by atoms with Gasteiger partial charge in [0.05, 0.1) is 0 Å². The Bertz CT molecular complexity index is 540. The molecule has 94 valence electrons. The molecule has 0 saturated heterocycles. The third-order valence-corrected chi connectivity index (χ3v) is 4.84. The Kier molecular flexibility index (Phi) is 3.11. The lowest BCUT2D eigenvalue weighted by Crippen LogP contribution is -2.19. The van der Waals surface area contributed by atoms with Crippen LogP contribution in [0.5, 0.6) is 0 Å². The second kappa shape index (κ2) is 4.76. The van der Waals surface area contributed by atoms with Crippen LogP contribution in [0, 0.1) is 11.8 Å². The first-order valence-corrected chi connectivity index (χ1v) is 7.23. The first-order valence-electron chi connectivity index (χ1n) is 7.23. The van der Waals surface area contributed by atoms with Crippen molar-refractivity contribution in [3.63, 3.8) is 0 Å². The van der Waals surface area contributed by atoms with Crippen molar-refractivity contribution in [2.45, 2.75) is 39.0 Å². The summed E-state index contributed by atoms with van der Waals surface area (Å²) in [5.74, 6) is 2.55. The van der Waals surface area contributed by atoms with E-state index in [-0.39, 0.29) is 0 Å². The van der Waals surface area contributed by atoms with Crippen LogP contribution in [-0.4, -0.2) is 0 Å². The maximum atomic E-state index is 2.41. The molecule has 0 heterocycles. The van der Waals surface area contributed by atoms with E-state index >= 15 is 0 Å². The highest BCUT2D eigenvalue weighted by Gasteiger charge is 2.25. The Balaban J connectivity index is 1.90. The molecule has 0 spiro atoms. The molecule has 2 aromatic carbocycles. The molecular formula is C18H22. The minimum atomic E-state index is 0.779. The van der Waals surface area contributed by atoms with E-state index in [2.05, 4.69) is 56.3 Å². The van der Waals surface area contributed by atoms with Crippen LogP contribution < -0.4 is 0 Å². The fourth-order valence-corrected chi connectivity index (χ4v) is 3.31. The zero-order chi connectivity index (χ0) is 12.5. The van der Waals surface area contributed by atoms with E-state index in [1.54, 1.807) is 5.56 Å². The van der Waals surface area contributed by atoms with E-state index < -0.39 is 0 Å². The van der Waals surface area contributed by atoms with Crippen LogP contribution in [-0.2, 0) is 0 Å². The lowest BCUT2D eigenvalue weighted by atomic mass is 9.73. The van der Waals surface area contributed by atoms with E-state index in [9.17, 15) is 0 Å². The number of rotatable bonds is 1. The lowest BCUT2D eigenvalue weighted by Gasteiger charge is -2.32. The van der Waals surface area contributed by atoms with Gasteiger partial charge >= 0.3 is 0 Å². The maximum absolute atomic E-state index is 2.41. The molecule has 18 heavy (non-hydrogen) atoms. The van der Waals surface area contributed by atoms with Gasteiger partial charge in [-0.2, -0.15) is 0 Å². The Morgan fingerprint density at radius 1 is 0.833 bits per heavy atom. The Labute approximate surface area is 110 Å². The van der Waals surface area contributed by atoms with Gasteiger partial charge in [0, 0.05) is 0 Å². The molecule has 0 amide bonds. The maximum Gasteiger partial charge on any atom is -0.0159 e. The molecule has 0 N–H and O–H groups in total. The first-order chi connectivity index (χ1) is 8.74. The van der Waals surface area contributed by atoms with Crippen molar-refractivity contribution < 1.29 is 0 Å². The average molecular weight is 238 g/mol. The summed E-state index contributed by atoms with van der Waals surface area (Å²) in [5.41, 5.74) is 1.55. The summed E-state index contributed by atoms with van der Waals surface area (Å²) in [7, 11) is 0. The smallest absolute Gasteiger partial charge is 0.0159 e. The Morgan fingerprint density at radius 3 is 2.39 bits per heavy atom. The quantitative estimate of drug-likeness (QED) is 0.625. The van der Waals surface area contributed by atoms with Gasteiger partial charge in [-0.3, -0.25) is 0 Å².